The molecule has 2 aromatic carbocycles. The molecule has 0 aliphatic carbocycles. The van der Waals surface area contributed by atoms with Crippen LogP contribution in [-0.2, 0) is 34.5 Å². The largest absolute Gasteiger partial charge is 0.382 e. The molecule has 1 aromatic heterocycles. The van der Waals surface area contributed by atoms with Crippen LogP contribution in [0.2, 0.25) is 0 Å². The first-order chi connectivity index (χ1) is 16.0. The number of carbonyl (C=O) groups excluding carboxylic acids is 2. The highest BCUT2D eigenvalue weighted by Gasteiger charge is 2.40. The zero-order chi connectivity index (χ0) is 23.3. The van der Waals surface area contributed by atoms with Gasteiger partial charge in [-0.2, -0.15) is 0 Å². The molecule has 8 heteroatoms. The van der Waals surface area contributed by atoms with Gasteiger partial charge in [0.15, 0.2) is 17.1 Å². The minimum Gasteiger partial charge on any atom is -0.382 e. The molecular weight excluding hydrogens is 418 g/mol. The number of benzene rings is 2. The fourth-order valence-electron chi connectivity index (χ4n) is 3.94. The summed E-state index contributed by atoms with van der Waals surface area (Å²) in [6, 6.07) is 15.8. The fourth-order valence-corrected chi connectivity index (χ4v) is 3.94. The van der Waals surface area contributed by atoms with Gasteiger partial charge in [-0.05, 0) is 42.0 Å². The van der Waals surface area contributed by atoms with Crippen LogP contribution in [0.25, 0.3) is 0 Å². The summed E-state index contributed by atoms with van der Waals surface area (Å²) in [6.45, 7) is 3.21. The van der Waals surface area contributed by atoms with E-state index in [-0.39, 0.29) is 23.3 Å². The molecule has 0 spiro atoms. The second kappa shape index (κ2) is 9.79. The lowest BCUT2D eigenvalue weighted by Crippen LogP contribution is -2.47. The first-order valence-corrected chi connectivity index (χ1v) is 10.9. The van der Waals surface area contributed by atoms with E-state index in [2.05, 4.69) is 26.7 Å². The Balaban J connectivity index is 1.27. The topological polar surface area (TPSA) is 119 Å². The quantitative estimate of drug-likeness (QED) is 0.513. The van der Waals surface area contributed by atoms with Gasteiger partial charge < -0.3 is 21.1 Å². The summed E-state index contributed by atoms with van der Waals surface area (Å²) in [7, 11) is 0. The molecule has 4 N–H and O–H groups in total. The van der Waals surface area contributed by atoms with Crippen LogP contribution in [0, 0.1) is 0 Å². The van der Waals surface area contributed by atoms with Gasteiger partial charge in [0.25, 0.3) is 11.8 Å². The number of amides is 2. The molecule has 0 bridgehead atoms. The Bertz CT molecular complexity index is 1150. The number of nitrogens with two attached hydrogens (primary N) is 1. The molecule has 33 heavy (non-hydrogen) atoms. The number of ether oxygens (including phenoxy) is 1. The number of nitrogens with zero attached hydrogens (tertiary/aromatic N) is 2. The van der Waals surface area contributed by atoms with Crippen LogP contribution in [0.3, 0.4) is 0 Å². The summed E-state index contributed by atoms with van der Waals surface area (Å²) in [5.74, 6) is -0.395. The highest BCUT2D eigenvalue weighted by molar-refractivity contribution is 5.96. The van der Waals surface area contributed by atoms with Gasteiger partial charge in [0.2, 0.25) is 0 Å². The van der Waals surface area contributed by atoms with E-state index >= 15 is 0 Å². The van der Waals surface area contributed by atoms with Gasteiger partial charge in [0.1, 0.15) is 0 Å². The molecular formula is C25H27N5O3. The van der Waals surface area contributed by atoms with Gasteiger partial charge in [0, 0.05) is 25.5 Å². The third-order valence-corrected chi connectivity index (χ3v) is 5.84. The molecule has 8 nitrogen and oxygen atoms in total. The number of hydrogen-bond donors (Lipinski definition) is 3. The zero-order valence-corrected chi connectivity index (χ0v) is 18.5. The minimum absolute atomic E-state index is 0.100. The SMILES string of the molecule is CC1(C(=O)NCCc2ccc(CNC(=O)c3nccnc3N)cc2)OCCc2ccccc21. The van der Waals surface area contributed by atoms with E-state index in [1.54, 1.807) is 0 Å². The maximum absolute atomic E-state index is 12.9. The van der Waals surface area contributed by atoms with Gasteiger partial charge >= 0.3 is 0 Å². The molecule has 1 atom stereocenters. The normalized spacial score (nSPS) is 17.1. The lowest BCUT2D eigenvalue weighted by molar-refractivity contribution is -0.148. The van der Waals surface area contributed by atoms with Crippen LogP contribution in [0.1, 0.15) is 39.7 Å². The predicted molar refractivity (Wildman–Crippen MR) is 124 cm³/mol. The van der Waals surface area contributed by atoms with E-state index in [1.165, 1.54) is 12.4 Å². The minimum atomic E-state index is -0.969. The Morgan fingerprint density at radius 3 is 2.55 bits per heavy atom. The molecule has 170 valence electrons. The predicted octanol–water partition coefficient (Wildman–Crippen LogP) is 2.14. The van der Waals surface area contributed by atoms with Gasteiger partial charge in [-0.3, -0.25) is 9.59 Å². The first-order valence-electron chi connectivity index (χ1n) is 10.9. The number of aromatic nitrogens is 2. The van der Waals surface area contributed by atoms with Crippen LogP contribution >= 0.6 is 0 Å². The number of fused-ring (bicyclic) bond motifs is 1. The average Bonchev–Trinajstić information content (AvgIpc) is 2.84. The van der Waals surface area contributed by atoms with E-state index in [4.69, 9.17) is 10.5 Å². The molecule has 0 fully saturated rings. The monoisotopic (exact) mass is 445 g/mol. The maximum atomic E-state index is 12.9. The second-order valence-electron chi connectivity index (χ2n) is 8.08. The smallest absolute Gasteiger partial charge is 0.273 e. The molecule has 2 heterocycles. The highest BCUT2D eigenvalue weighted by atomic mass is 16.5. The molecule has 1 unspecified atom stereocenters. The Morgan fingerprint density at radius 1 is 1.03 bits per heavy atom. The van der Waals surface area contributed by atoms with Crippen molar-refractivity contribution in [2.45, 2.75) is 31.9 Å². The van der Waals surface area contributed by atoms with Crippen molar-refractivity contribution in [2.24, 2.45) is 0 Å². The Kier molecular flexibility index (Phi) is 6.65. The second-order valence-corrected chi connectivity index (χ2v) is 8.08. The van der Waals surface area contributed by atoms with Crippen molar-refractivity contribution in [1.29, 1.82) is 0 Å². The third-order valence-electron chi connectivity index (χ3n) is 5.84. The van der Waals surface area contributed by atoms with E-state index in [1.807, 2.05) is 49.4 Å². The number of carbonyl (C=O) groups is 2. The van der Waals surface area contributed by atoms with E-state index in [0.29, 0.717) is 26.1 Å². The number of anilines is 1. The summed E-state index contributed by atoms with van der Waals surface area (Å²) in [4.78, 5) is 33.0. The molecule has 0 saturated carbocycles. The zero-order valence-electron chi connectivity index (χ0n) is 18.5. The van der Waals surface area contributed by atoms with Gasteiger partial charge in [0.05, 0.1) is 6.61 Å². The summed E-state index contributed by atoms with van der Waals surface area (Å²) in [6.07, 6.45) is 4.37. The van der Waals surface area contributed by atoms with Crippen molar-refractivity contribution < 1.29 is 14.3 Å². The van der Waals surface area contributed by atoms with E-state index < -0.39 is 5.60 Å². The lowest BCUT2D eigenvalue weighted by Gasteiger charge is -2.34. The van der Waals surface area contributed by atoms with Crippen molar-refractivity contribution in [1.82, 2.24) is 20.6 Å². The fraction of sp³-hybridized carbons (Fsp3) is 0.280. The van der Waals surface area contributed by atoms with E-state index in [9.17, 15) is 9.59 Å². The lowest BCUT2D eigenvalue weighted by atomic mass is 9.87. The summed E-state index contributed by atoms with van der Waals surface area (Å²) < 4.78 is 5.90. The van der Waals surface area contributed by atoms with Crippen molar-refractivity contribution in [3.8, 4) is 0 Å². The average molecular weight is 446 g/mol. The van der Waals surface area contributed by atoms with Crippen molar-refractivity contribution in [2.75, 3.05) is 18.9 Å². The summed E-state index contributed by atoms with van der Waals surface area (Å²) >= 11 is 0. The van der Waals surface area contributed by atoms with Gasteiger partial charge in [-0.1, -0.05) is 48.5 Å². The third kappa shape index (κ3) is 5.01. The molecule has 1 aliphatic rings. The maximum Gasteiger partial charge on any atom is 0.273 e. The van der Waals surface area contributed by atoms with Crippen LogP contribution in [0.4, 0.5) is 5.82 Å². The number of hydrogen-bond acceptors (Lipinski definition) is 6. The molecule has 2 amide bonds. The van der Waals surface area contributed by atoms with Crippen molar-refractivity contribution in [3.63, 3.8) is 0 Å². The number of rotatable bonds is 7. The Labute approximate surface area is 192 Å². The standard InChI is InChI=1S/C25H27N5O3/c1-25(20-5-3-2-4-19(20)11-15-33-25)24(32)29-12-10-17-6-8-18(9-7-17)16-30-23(31)21-22(26)28-14-13-27-21/h2-9,13-14H,10-12,15-16H2,1H3,(H2,26,28)(H,29,32)(H,30,31). The summed E-state index contributed by atoms with van der Waals surface area (Å²) in [5.41, 5.74) is 8.95. The van der Waals surface area contributed by atoms with Gasteiger partial charge in [-0.25, -0.2) is 9.97 Å². The first kappa shape index (κ1) is 22.4. The highest BCUT2D eigenvalue weighted by Crippen LogP contribution is 2.33. The molecule has 0 radical (unpaired) electrons. The summed E-state index contributed by atoms with van der Waals surface area (Å²) in [5, 5.41) is 5.80. The molecule has 3 aromatic rings. The van der Waals surface area contributed by atoms with Crippen molar-refractivity contribution >= 4 is 17.6 Å². The Morgan fingerprint density at radius 2 is 1.76 bits per heavy atom. The van der Waals surface area contributed by atoms with E-state index in [0.717, 1.165) is 28.7 Å². The molecule has 4 rings (SSSR count). The molecule has 0 saturated heterocycles. The van der Waals surface area contributed by atoms with Crippen LogP contribution in [0.15, 0.2) is 60.9 Å². The number of nitrogens with one attached hydrogen (secondary N) is 2. The number of nitrogen functional groups attached to an aromatic ring is 1. The van der Waals surface area contributed by atoms with Gasteiger partial charge in [-0.15, -0.1) is 0 Å². The van der Waals surface area contributed by atoms with Crippen LogP contribution in [-0.4, -0.2) is 34.9 Å². The van der Waals surface area contributed by atoms with Crippen LogP contribution < -0.4 is 16.4 Å². The Hall–Kier alpha value is -3.78. The molecule has 1 aliphatic heterocycles. The van der Waals surface area contributed by atoms with Crippen molar-refractivity contribution in [3.05, 3.63) is 88.9 Å². The van der Waals surface area contributed by atoms with Crippen LogP contribution in [0.5, 0.6) is 0 Å².